The monoisotopic (exact) mass is 178 g/mol. The molecule has 1 aliphatic rings. The molecule has 1 atom stereocenters. The maximum Gasteiger partial charge on any atom is 0.217 e. The lowest BCUT2D eigenvalue weighted by Crippen LogP contribution is -2.44. The van der Waals surface area contributed by atoms with Crippen molar-refractivity contribution in [3.63, 3.8) is 0 Å². The second-order valence-electron chi connectivity index (χ2n) is 2.74. The topological polar surface area (TPSA) is 41.1 Å². The fourth-order valence-electron chi connectivity index (χ4n) is 1.26. The molecule has 1 saturated heterocycles. The Kier molecular flexibility index (Phi) is 5.24. The van der Waals surface area contributed by atoms with E-state index in [4.69, 9.17) is 0 Å². The Bertz CT molecular complexity index is 124. The van der Waals surface area contributed by atoms with Crippen LogP contribution in [0.25, 0.3) is 0 Å². The van der Waals surface area contributed by atoms with Gasteiger partial charge < -0.3 is 10.6 Å². The highest BCUT2D eigenvalue weighted by molar-refractivity contribution is 5.85. The number of carbonyl (C=O) groups is 1. The van der Waals surface area contributed by atoms with Crippen molar-refractivity contribution in [3.8, 4) is 0 Å². The standard InChI is InChI=1S/C7H14N2O.ClH/c1-6(10)9-7-3-2-4-8-5-7;/h7-8H,2-5H2,1H3,(H,9,10);1H/t7-;/m1./s1. The Morgan fingerprint density at radius 3 is 2.82 bits per heavy atom. The van der Waals surface area contributed by atoms with Crippen LogP contribution in [-0.2, 0) is 4.79 Å². The Morgan fingerprint density at radius 2 is 2.36 bits per heavy atom. The highest BCUT2D eigenvalue weighted by Gasteiger charge is 2.12. The van der Waals surface area contributed by atoms with Crippen LogP contribution in [0.2, 0.25) is 0 Å². The van der Waals surface area contributed by atoms with Gasteiger partial charge in [-0.25, -0.2) is 0 Å². The maximum absolute atomic E-state index is 10.6. The Morgan fingerprint density at radius 1 is 1.64 bits per heavy atom. The first-order chi connectivity index (χ1) is 4.79. The number of amides is 1. The molecule has 0 radical (unpaired) electrons. The van der Waals surface area contributed by atoms with Crippen LogP contribution in [0.1, 0.15) is 19.8 Å². The van der Waals surface area contributed by atoms with Gasteiger partial charge in [0.05, 0.1) is 0 Å². The minimum atomic E-state index is 0. The van der Waals surface area contributed by atoms with Gasteiger partial charge in [-0.15, -0.1) is 12.4 Å². The molecule has 1 aliphatic heterocycles. The van der Waals surface area contributed by atoms with Crippen LogP contribution in [0.3, 0.4) is 0 Å². The van der Waals surface area contributed by atoms with Gasteiger partial charge in [0.25, 0.3) is 0 Å². The first-order valence-corrected chi connectivity index (χ1v) is 3.77. The third-order valence-corrected chi connectivity index (χ3v) is 1.70. The third kappa shape index (κ3) is 4.22. The van der Waals surface area contributed by atoms with E-state index in [9.17, 15) is 4.79 Å². The maximum atomic E-state index is 10.6. The molecule has 0 aromatic carbocycles. The molecule has 2 N–H and O–H groups in total. The molecular weight excluding hydrogens is 164 g/mol. The lowest BCUT2D eigenvalue weighted by Gasteiger charge is -2.22. The lowest BCUT2D eigenvalue weighted by molar-refractivity contribution is -0.119. The summed E-state index contributed by atoms with van der Waals surface area (Å²) in [5.41, 5.74) is 0. The van der Waals surface area contributed by atoms with Crippen LogP contribution in [0.5, 0.6) is 0 Å². The molecule has 0 aromatic rings. The van der Waals surface area contributed by atoms with Crippen molar-refractivity contribution in [3.05, 3.63) is 0 Å². The molecule has 1 rings (SSSR count). The van der Waals surface area contributed by atoms with Crippen LogP contribution in [0, 0.1) is 0 Å². The van der Waals surface area contributed by atoms with E-state index in [1.165, 1.54) is 6.42 Å². The summed E-state index contributed by atoms with van der Waals surface area (Å²) in [6.07, 6.45) is 2.29. The van der Waals surface area contributed by atoms with E-state index < -0.39 is 0 Å². The van der Waals surface area contributed by atoms with E-state index in [1.54, 1.807) is 6.92 Å². The van der Waals surface area contributed by atoms with Crippen molar-refractivity contribution in [1.29, 1.82) is 0 Å². The Balaban J connectivity index is 0.000001000. The number of hydrogen-bond donors (Lipinski definition) is 2. The second-order valence-corrected chi connectivity index (χ2v) is 2.74. The van der Waals surface area contributed by atoms with Crippen LogP contribution in [0.15, 0.2) is 0 Å². The Hall–Kier alpha value is -0.280. The summed E-state index contributed by atoms with van der Waals surface area (Å²) >= 11 is 0. The van der Waals surface area contributed by atoms with Crippen molar-refractivity contribution in [2.45, 2.75) is 25.8 Å². The van der Waals surface area contributed by atoms with E-state index in [-0.39, 0.29) is 18.3 Å². The molecule has 0 bridgehead atoms. The molecule has 4 heteroatoms. The summed E-state index contributed by atoms with van der Waals surface area (Å²) in [4.78, 5) is 10.6. The number of piperidine rings is 1. The Labute approximate surface area is 73.3 Å². The summed E-state index contributed by atoms with van der Waals surface area (Å²) < 4.78 is 0. The molecule has 3 nitrogen and oxygen atoms in total. The van der Waals surface area contributed by atoms with E-state index in [0.717, 1.165) is 19.5 Å². The van der Waals surface area contributed by atoms with Crippen molar-refractivity contribution < 1.29 is 4.79 Å². The molecule has 11 heavy (non-hydrogen) atoms. The molecule has 0 saturated carbocycles. The zero-order valence-electron chi connectivity index (χ0n) is 6.72. The minimum absolute atomic E-state index is 0. The fraction of sp³-hybridized carbons (Fsp3) is 0.857. The largest absolute Gasteiger partial charge is 0.352 e. The van der Waals surface area contributed by atoms with Gasteiger partial charge in [-0.1, -0.05) is 0 Å². The zero-order chi connectivity index (χ0) is 7.40. The summed E-state index contributed by atoms with van der Waals surface area (Å²) in [5, 5.41) is 6.11. The van der Waals surface area contributed by atoms with Crippen LogP contribution in [0.4, 0.5) is 0 Å². The fourth-order valence-corrected chi connectivity index (χ4v) is 1.26. The summed E-state index contributed by atoms with van der Waals surface area (Å²) in [6.45, 7) is 3.59. The minimum Gasteiger partial charge on any atom is -0.352 e. The SMILES string of the molecule is CC(=O)N[C@@H]1CCCNC1.Cl. The number of nitrogens with one attached hydrogen (secondary N) is 2. The second kappa shape index (κ2) is 5.38. The lowest BCUT2D eigenvalue weighted by atomic mass is 10.1. The van der Waals surface area contributed by atoms with Crippen LogP contribution >= 0.6 is 12.4 Å². The van der Waals surface area contributed by atoms with Crippen molar-refractivity contribution in [2.75, 3.05) is 13.1 Å². The van der Waals surface area contributed by atoms with Gasteiger partial charge in [0.15, 0.2) is 0 Å². The molecule has 0 spiro atoms. The molecule has 0 aromatic heterocycles. The summed E-state index contributed by atoms with van der Waals surface area (Å²) in [7, 11) is 0. The van der Waals surface area contributed by atoms with Gasteiger partial charge in [0.2, 0.25) is 5.91 Å². The van der Waals surface area contributed by atoms with E-state index in [1.807, 2.05) is 0 Å². The van der Waals surface area contributed by atoms with E-state index >= 15 is 0 Å². The molecular formula is C7H15ClN2O. The smallest absolute Gasteiger partial charge is 0.217 e. The summed E-state index contributed by atoms with van der Waals surface area (Å²) in [5.74, 6) is 0.0775. The average Bonchev–Trinajstić information content (AvgIpc) is 1.88. The molecule has 66 valence electrons. The van der Waals surface area contributed by atoms with Gasteiger partial charge in [0.1, 0.15) is 0 Å². The number of carbonyl (C=O) groups excluding carboxylic acids is 1. The van der Waals surface area contributed by atoms with Gasteiger partial charge >= 0.3 is 0 Å². The predicted octanol–water partition coefficient (Wildman–Crippen LogP) is 0.296. The predicted molar refractivity (Wildman–Crippen MR) is 47.0 cm³/mol. The normalized spacial score (nSPS) is 23.5. The molecule has 0 unspecified atom stereocenters. The summed E-state index contributed by atoms with van der Waals surface area (Å²) in [6, 6.07) is 0.367. The van der Waals surface area contributed by atoms with Gasteiger partial charge in [0, 0.05) is 19.5 Å². The quantitative estimate of drug-likeness (QED) is 0.607. The number of hydrogen-bond acceptors (Lipinski definition) is 2. The zero-order valence-corrected chi connectivity index (χ0v) is 7.54. The van der Waals surface area contributed by atoms with Gasteiger partial charge in [-0.05, 0) is 19.4 Å². The molecule has 0 aliphatic carbocycles. The van der Waals surface area contributed by atoms with Crippen molar-refractivity contribution in [2.24, 2.45) is 0 Å². The third-order valence-electron chi connectivity index (χ3n) is 1.70. The highest BCUT2D eigenvalue weighted by Crippen LogP contribution is 2.00. The number of rotatable bonds is 1. The van der Waals surface area contributed by atoms with Crippen molar-refractivity contribution in [1.82, 2.24) is 10.6 Å². The molecule has 1 amide bonds. The average molecular weight is 179 g/mol. The van der Waals surface area contributed by atoms with Gasteiger partial charge in [-0.2, -0.15) is 0 Å². The molecule has 1 fully saturated rings. The van der Waals surface area contributed by atoms with Gasteiger partial charge in [-0.3, -0.25) is 4.79 Å². The van der Waals surface area contributed by atoms with Crippen molar-refractivity contribution >= 4 is 18.3 Å². The van der Waals surface area contributed by atoms with E-state index in [0.29, 0.717) is 6.04 Å². The molecule has 1 heterocycles. The first-order valence-electron chi connectivity index (χ1n) is 3.77. The first kappa shape index (κ1) is 10.7. The van der Waals surface area contributed by atoms with E-state index in [2.05, 4.69) is 10.6 Å². The number of halogens is 1. The van der Waals surface area contributed by atoms with Crippen LogP contribution in [-0.4, -0.2) is 25.0 Å². The highest BCUT2D eigenvalue weighted by atomic mass is 35.5. The van der Waals surface area contributed by atoms with Crippen LogP contribution < -0.4 is 10.6 Å².